The summed E-state index contributed by atoms with van der Waals surface area (Å²) in [4.78, 5) is 7.41. The van der Waals surface area contributed by atoms with Crippen LogP contribution in [-0.4, -0.2) is 9.97 Å². The van der Waals surface area contributed by atoms with E-state index in [-0.39, 0.29) is 16.8 Å². The quantitative estimate of drug-likeness (QED) is 0.821. The maximum atomic E-state index is 13.3. The normalized spacial score (nSPS) is 10.2. The Balaban J connectivity index is 2.34. The van der Waals surface area contributed by atoms with Crippen molar-refractivity contribution in [1.29, 1.82) is 0 Å². The summed E-state index contributed by atoms with van der Waals surface area (Å²) >= 11 is 5.54. The van der Waals surface area contributed by atoms with Crippen LogP contribution in [0.3, 0.4) is 0 Å². The minimum absolute atomic E-state index is 0.00162. The number of halogens is 3. The van der Waals surface area contributed by atoms with E-state index in [9.17, 15) is 8.78 Å². The van der Waals surface area contributed by atoms with Gasteiger partial charge in [-0.1, -0.05) is 6.07 Å². The van der Waals surface area contributed by atoms with Crippen molar-refractivity contribution in [1.82, 2.24) is 9.97 Å². The van der Waals surface area contributed by atoms with Gasteiger partial charge in [-0.15, -0.1) is 0 Å². The number of para-hydroxylation sites is 1. The molecule has 0 saturated carbocycles. The van der Waals surface area contributed by atoms with Crippen LogP contribution in [-0.2, 0) is 0 Å². The van der Waals surface area contributed by atoms with E-state index in [4.69, 9.17) is 11.6 Å². The molecule has 0 aliphatic heterocycles. The monoisotopic (exact) mass is 241 g/mol. The Morgan fingerprint density at radius 1 is 1.12 bits per heavy atom. The Labute approximate surface area is 95.1 Å². The summed E-state index contributed by atoms with van der Waals surface area (Å²) in [5.41, 5.74) is -0.266. The highest BCUT2D eigenvalue weighted by Gasteiger charge is 2.08. The van der Waals surface area contributed by atoms with E-state index in [0.717, 1.165) is 12.1 Å². The first-order chi connectivity index (χ1) is 7.66. The lowest BCUT2D eigenvalue weighted by molar-refractivity contribution is 0.590. The molecule has 0 atom stereocenters. The maximum Gasteiger partial charge on any atom is 0.224 e. The molecule has 1 aromatic carbocycles. The summed E-state index contributed by atoms with van der Waals surface area (Å²) in [5.74, 6) is -1.17. The lowest BCUT2D eigenvalue weighted by Crippen LogP contribution is -1.99. The fourth-order valence-electron chi connectivity index (χ4n) is 1.15. The second-order valence-electron chi connectivity index (χ2n) is 2.93. The van der Waals surface area contributed by atoms with Crippen LogP contribution in [0.4, 0.5) is 20.3 Å². The van der Waals surface area contributed by atoms with Gasteiger partial charge in [-0.25, -0.2) is 18.7 Å². The van der Waals surface area contributed by atoms with Crippen molar-refractivity contribution in [2.24, 2.45) is 0 Å². The summed E-state index contributed by atoms with van der Waals surface area (Å²) in [6, 6.07) is 5.03. The van der Waals surface area contributed by atoms with E-state index in [1.807, 2.05) is 0 Å². The third-order valence-electron chi connectivity index (χ3n) is 1.84. The van der Waals surface area contributed by atoms with Gasteiger partial charge in [-0.05, 0) is 29.8 Å². The Bertz CT molecular complexity index is 499. The van der Waals surface area contributed by atoms with Crippen molar-refractivity contribution in [2.75, 3.05) is 5.32 Å². The number of rotatable bonds is 2. The molecule has 1 N–H and O–H groups in total. The fourth-order valence-corrected chi connectivity index (χ4v) is 1.30. The molecular weight excluding hydrogens is 236 g/mol. The molecule has 2 aromatic rings. The van der Waals surface area contributed by atoms with Crippen molar-refractivity contribution in [2.45, 2.75) is 0 Å². The van der Waals surface area contributed by atoms with Gasteiger partial charge in [-0.3, -0.25) is 0 Å². The number of aromatic nitrogens is 2. The van der Waals surface area contributed by atoms with Crippen LogP contribution < -0.4 is 5.32 Å². The zero-order valence-corrected chi connectivity index (χ0v) is 8.67. The van der Waals surface area contributed by atoms with Gasteiger partial charge < -0.3 is 5.32 Å². The van der Waals surface area contributed by atoms with Gasteiger partial charge in [0.05, 0.1) is 0 Å². The predicted octanol–water partition coefficient (Wildman–Crippen LogP) is 3.15. The fraction of sp³-hybridized carbons (Fsp3) is 0. The molecule has 0 bridgehead atoms. The lowest BCUT2D eigenvalue weighted by atomic mass is 10.3. The van der Waals surface area contributed by atoms with Crippen molar-refractivity contribution in [3.05, 3.63) is 47.4 Å². The zero-order chi connectivity index (χ0) is 11.5. The Kier molecular flexibility index (Phi) is 2.96. The minimum Gasteiger partial charge on any atom is -0.335 e. The molecule has 0 spiro atoms. The van der Waals surface area contributed by atoms with Gasteiger partial charge in [0.25, 0.3) is 0 Å². The summed E-state index contributed by atoms with van der Waals surface area (Å²) in [6.45, 7) is 0. The molecule has 0 aliphatic rings. The third-order valence-corrected chi connectivity index (χ3v) is 2.02. The molecule has 1 heterocycles. The molecular formula is C10H6ClF2N3. The highest BCUT2D eigenvalue weighted by molar-refractivity contribution is 6.28. The number of nitrogens with zero attached hydrogens (tertiary/aromatic N) is 2. The molecule has 1 aromatic heterocycles. The highest BCUT2D eigenvalue weighted by Crippen LogP contribution is 2.22. The third kappa shape index (κ3) is 2.25. The summed E-state index contributed by atoms with van der Waals surface area (Å²) in [6.07, 6.45) is 1.39. The van der Waals surface area contributed by atoms with E-state index in [0.29, 0.717) is 0 Å². The molecule has 0 saturated heterocycles. The van der Waals surface area contributed by atoms with Crippen LogP contribution in [0.25, 0.3) is 0 Å². The average molecular weight is 242 g/mol. The van der Waals surface area contributed by atoms with Crippen LogP contribution >= 0.6 is 11.6 Å². The van der Waals surface area contributed by atoms with E-state index in [1.165, 1.54) is 18.3 Å². The Hall–Kier alpha value is -1.75. The average Bonchev–Trinajstić information content (AvgIpc) is 2.24. The van der Waals surface area contributed by atoms with Crippen molar-refractivity contribution in [3.8, 4) is 0 Å². The number of anilines is 2. The van der Waals surface area contributed by atoms with Gasteiger partial charge >= 0.3 is 0 Å². The lowest BCUT2D eigenvalue weighted by Gasteiger charge is -2.07. The van der Waals surface area contributed by atoms with Crippen LogP contribution in [0.1, 0.15) is 0 Å². The smallest absolute Gasteiger partial charge is 0.224 e. The predicted molar refractivity (Wildman–Crippen MR) is 56.7 cm³/mol. The van der Waals surface area contributed by atoms with Crippen molar-refractivity contribution in [3.63, 3.8) is 0 Å². The Morgan fingerprint density at radius 3 is 2.44 bits per heavy atom. The van der Waals surface area contributed by atoms with E-state index in [1.54, 1.807) is 0 Å². The van der Waals surface area contributed by atoms with E-state index < -0.39 is 11.6 Å². The first-order valence-electron chi connectivity index (χ1n) is 4.36. The zero-order valence-electron chi connectivity index (χ0n) is 7.92. The van der Waals surface area contributed by atoms with Gasteiger partial charge in [0.2, 0.25) is 5.28 Å². The first-order valence-corrected chi connectivity index (χ1v) is 4.74. The van der Waals surface area contributed by atoms with Gasteiger partial charge in [0, 0.05) is 6.20 Å². The van der Waals surface area contributed by atoms with Gasteiger partial charge in [-0.2, -0.15) is 0 Å². The number of hydrogen-bond donors (Lipinski definition) is 1. The van der Waals surface area contributed by atoms with Crippen LogP contribution in [0.5, 0.6) is 0 Å². The minimum atomic E-state index is -0.699. The molecule has 0 amide bonds. The molecule has 6 heteroatoms. The molecule has 82 valence electrons. The summed E-state index contributed by atoms with van der Waals surface area (Å²) in [7, 11) is 0. The van der Waals surface area contributed by atoms with Crippen LogP contribution in [0, 0.1) is 11.6 Å². The SMILES string of the molecule is Fc1cccc(F)c1Nc1ccnc(Cl)n1. The van der Waals surface area contributed by atoms with Crippen LogP contribution in [0.2, 0.25) is 5.28 Å². The van der Waals surface area contributed by atoms with Crippen molar-refractivity contribution < 1.29 is 8.78 Å². The maximum absolute atomic E-state index is 13.3. The van der Waals surface area contributed by atoms with Gasteiger partial charge in [0.15, 0.2) is 0 Å². The standard InChI is InChI=1S/C10H6ClF2N3/c11-10-14-5-4-8(16-10)15-9-6(12)2-1-3-7(9)13/h1-5H,(H,14,15,16). The molecule has 3 nitrogen and oxygen atoms in total. The summed E-state index contributed by atoms with van der Waals surface area (Å²) in [5, 5.41) is 2.50. The number of benzene rings is 1. The molecule has 0 unspecified atom stereocenters. The summed E-state index contributed by atoms with van der Waals surface area (Å²) < 4.78 is 26.5. The molecule has 0 radical (unpaired) electrons. The first kappa shape index (κ1) is 10.8. The molecule has 2 rings (SSSR count). The number of nitrogens with one attached hydrogen (secondary N) is 1. The second-order valence-corrected chi connectivity index (χ2v) is 3.27. The van der Waals surface area contributed by atoms with Crippen LogP contribution in [0.15, 0.2) is 30.5 Å². The van der Waals surface area contributed by atoms with E-state index >= 15 is 0 Å². The van der Waals surface area contributed by atoms with E-state index in [2.05, 4.69) is 15.3 Å². The topological polar surface area (TPSA) is 37.8 Å². The molecule has 0 fully saturated rings. The second kappa shape index (κ2) is 4.40. The molecule has 0 aliphatic carbocycles. The van der Waals surface area contributed by atoms with Crippen molar-refractivity contribution >= 4 is 23.1 Å². The Morgan fingerprint density at radius 2 is 1.81 bits per heavy atom. The highest BCUT2D eigenvalue weighted by atomic mass is 35.5. The number of hydrogen-bond acceptors (Lipinski definition) is 3. The molecule has 16 heavy (non-hydrogen) atoms. The largest absolute Gasteiger partial charge is 0.335 e. The van der Waals surface area contributed by atoms with Gasteiger partial charge in [0.1, 0.15) is 23.1 Å².